The molecule has 6 heteroatoms. The van der Waals surface area contributed by atoms with Crippen LogP contribution >= 0.6 is 23.2 Å². The fourth-order valence-corrected chi connectivity index (χ4v) is 3.95. The van der Waals surface area contributed by atoms with Crippen LogP contribution in [0.15, 0.2) is 53.7 Å². The fraction of sp³-hybridized carbons (Fsp3) is 0.158. The molecule has 0 bridgehead atoms. The number of halogens is 2. The highest BCUT2D eigenvalue weighted by molar-refractivity contribution is 6.35. The molecule has 1 aromatic heterocycles. The summed E-state index contributed by atoms with van der Waals surface area (Å²) in [7, 11) is 0. The Bertz CT molecular complexity index is 1050. The monoisotopic (exact) mass is 371 g/mol. The molecular weight excluding hydrogens is 357 g/mol. The van der Waals surface area contributed by atoms with Gasteiger partial charge < -0.3 is 5.32 Å². The number of hydrogen-bond acceptors (Lipinski definition) is 3. The van der Waals surface area contributed by atoms with Gasteiger partial charge in [-0.25, -0.2) is 4.98 Å². The highest BCUT2D eigenvalue weighted by atomic mass is 35.5. The molecule has 4 nitrogen and oxygen atoms in total. The lowest BCUT2D eigenvalue weighted by Gasteiger charge is -2.30. The van der Waals surface area contributed by atoms with Gasteiger partial charge in [-0.2, -0.15) is 0 Å². The Morgan fingerprint density at radius 2 is 1.96 bits per heavy atom. The molecule has 0 fully saturated rings. The number of ketones is 1. The van der Waals surface area contributed by atoms with Gasteiger partial charge in [0, 0.05) is 21.3 Å². The van der Waals surface area contributed by atoms with Crippen LogP contribution in [0.2, 0.25) is 10.0 Å². The average molecular weight is 372 g/mol. The van der Waals surface area contributed by atoms with Crippen LogP contribution in [-0.2, 0) is 4.79 Å². The van der Waals surface area contributed by atoms with E-state index in [0.717, 1.165) is 22.3 Å². The van der Waals surface area contributed by atoms with Crippen LogP contribution in [0.1, 0.15) is 25.5 Å². The molecule has 0 radical (unpaired) electrons. The lowest BCUT2D eigenvalue weighted by Crippen LogP contribution is -2.27. The van der Waals surface area contributed by atoms with Crippen molar-refractivity contribution in [2.45, 2.75) is 19.9 Å². The van der Waals surface area contributed by atoms with E-state index in [-0.39, 0.29) is 11.8 Å². The van der Waals surface area contributed by atoms with Crippen molar-refractivity contribution in [3.05, 3.63) is 69.3 Å². The lowest BCUT2D eigenvalue weighted by molar-refractivity contribution is -0.114. The summed E-state index contributed by atoms with van der Waals surface area (Å²) in [5.41, 5.74) is 4.07. The Hall–Kier alpha value is -2.30. The first kappa shape index (κ1) is 16.2. The van der Waals surface area contributed by atoms with Crippen molar-refractivity contribution < 1.29 is 4.79 Å². The number of benzene rings is 2. The van der Waals surface area contributed by atoms with Crippen molar-refractivity contribution in [2.75, 3.05) is 5.32 Å². The number of imidazole rings is 1. The predicted molar refractivity (Wildman–Crippen MR) is 101 cm³/mol. The number of anilines is 1. The van der Waals surface area contributed by atoms with Gasteiger partial charge in [0.1, 0.15) is 0 Å². The number of rotatable bonds is 2. The summed E-state index contributed by atoms with van der Waals surface area (Å²) < 4.78 is 2.02. The molecule has 25 heavy (non-hydrogen) atoms. The Labute approximate surface area is 155 Å². The second kappa shape index (κ2) is 5.90. The lowest BCUT2D eigenvalue weighted by atomic mass is 9.92. The van der Waals surface area contributed by atoms with Crippen LogP contribution in [-0.4, -0.2) is 15.3 Å². The first-order valence-corrected chi connectivity index (χ1v) is 8.63. The van der Waals surface area contributed by atoms with Gasteiger partial charge >= 0.3 is 0 Å². The van der Waals surface area contributed by atoms with Crippen molar-refractivity contribution in [3.8, 4) is 0 Å². The minimum absolute atomic E-state index is 0.00977. The molecule has 0 saturated carbocycles. The molecule has 4 rings (SSSR count). The summed E-state index contributed by atoms with van der Waals surface area (Å²) in [6, 6.07) is 12.8. The normalized spacial score (nSPS) is 16.7. The third kappa shape index (κ3) is 2.53. The number of Topliss-reactive ketones (excluding diaryl/α,β-unsaturated/α-hetero) is 1. The summed E-state index contributed by atoms with van der Waals surface area (Å²) in [5, 5.41) is 4.33. The second-order valence-corrected chi connectivity index (χ2v) is 6.93. The zero-order valence-electron chi connectivity index (χ0n) is 13.7. The standard InChI is InChI=1S/C19H15Cl2N3O/c1-10-17(11(2)25)18(13-8-7-12(20)9-14(13)21)24-16-6-4-3-5-15(16)23-19(24)22-10/h3-9,18H,1-2H3,(H,22,23)/t18-/m0/s1. The molecule has 0 aliphatic carbocycles. The van der Waals surface area contributed by atoms with Crippen LogP contribution in [0.4, 0.5) is 5.95 Å². The molecule has 1 atom stereocenters. The SMILES string of the molecule is CC(=O)C1=C(C)Nc2nc3ccccc3n2[C@H]1c1ccc(Cl)cc1Cl. The largest absolute Gasteiger partial charge is 0.329 e. The van der Waals surface area contributed by atoms with Crippen LogP contribution in [0.25, 0.3) is 11.0 Å². The third-order valence-corrected chi connectivity index (χ3v) is 5.03. The number of aromatic nitrogens is 2. The van der Waals surface area contributed by atoms with Gasteiger partial charge in [0.25, 0.3) is 0 Å². The number of allylic oxidation sites excluding steroid dienone is 2. The molecule has 0 unspecified atom stereocenters. The molecule has 1 aliphatic rings. The van der Waals surface area contributed by atoms with Crippen molar-refractivity contribution in [1.29, 1.82) is 0 Å². The van der Waals surface area contributed by atoms with Crippen molar-refractivity contribution in [1.82, 2.24) is 9.55 Å². The second-order valence-electron chi connectivity index (χ2n) is 6.08. The number of hydrogen-bond donors (Lipinski definition) is 1. The van der Waals surface area contributed by atoms with Crippen molar-refractivity contribution in [2.24, 2.45) is 0 Å². The molecule has 2 heterocycles. The first-order chi connectivity index (χ1) is 12.0. The topological polar surface area (TPSA) is 46.9 Å². The summed E-state index contributed by atoms with van der Waals surface area (Å²) in [6.07, 6.45) is 0. The molecule has 3 aromatic rings. The van der Waals surface area contributed by atoms with E-state index in [4.69, 9.17) is 23.2 Å². The third-order valence-electron chi connectivity index (χ3n) is 4.47. The number of nitrogens with zero attached hydrogens (tertiary/aromatic N) is 2. The molecule has 1 aliphatic heterocycles. The summed E-state index contributed by atoms with van der Waals surface area (Å²) >= 11 is 12.6. The van der Waals surface area contributed by atoms with Crippen LogP contribution in [0, 0.1) is 0 Å². The van der Waals surface area contributed by atoms with Crippen molar-refractivity contribution >= 4 is 46.0 Å². The van der Waals surface area contributed by atoms with Gasteiger partial charge in [-0.15, -0.1) is 0 Å². The van der Waals surface area contributed by atoms with E-state index in [1.807, 2.05) is 41.8 Å². The van der Waals surface area contributed by atoms with Crippen LogP contribution in [0.3, 0.4) is 0 Å². The molecule has 1 N–H and O–H groups in total. The fourth-order valence-electron chi connectivity index (χ4n) is 3.44. The summed E-state index contributed by atoms with van der Waals surface area (Å²) in [4.78, 5) is 17.1. The number of para-hydroxylation sites is 2. The predicted octanol–water partition coefficient (Wildman–Crippen LogP) is 5.22. The Kier molecular flexibility index (Phi) is 3.82. The maximum Gasteiger partial charge on any atom is 0.209 e. The quantitative estimate of drug-likeness (QED) is 0.671. The first-order valence-electron chi connectivity index (χ1n) is 7.88. The highest BCUT2D eigenvalue weighted by Crippen LogP contribution is 2.41. The Morgan fingerprint density at radius 3 is 2.68 bits per heavy atom. The van der Waals surface area contributed by atoms with Crippen LogP contribution in [0.5, 0.6) is 0 Å². The molecule has 0 spiro atoms. The smallest absolute Gasteiger partial charge is 0.209 e. The molecule has 2 aromatic carbocycles. The molecule has 126 valence electrons. The molecular formula is C19H15Cl2N3O. The maximum atomic E-state index is 12.4. The van der Waals surface area contributed by atoms with Gasteiger partial charge in [0.2, 0.25) is 5.95 Å². The van der Waals surface area contributed by atoms with E-state index >= 15 is 0 Å². The highest BCUT2D eigenvalue weighted by Gasteiger charge is 2.33. The van der Waals surface area contributed by atoms with Gasteiger partial charge in [-0.1, -0.05) is 41.4 Å². The molecule has 0 amide bonds. The average Bonchev–Trinajstić information content (AvgIpc) is 2.91. The summed E-state index contributed by atoms with van der Waals surface area (Å²) in [6.45, 7) is 3.46. The van der Waals surface area contributed by atoms with Gasteiger partial charge in [-0.3, -0.25) is 9.36 Å². The van der Waals surface area contributed by atoms with E-state index in [9.17, 15) is 4.79 Å². The minimum atomic E-state index is -0.356. The van der Waals surface area contributed by atoms with Gasteiger partial charge in [-0.05, 0) is 43.7 Å². The zero-order valence-corrected chi connectivity index (χ0v) is 15.2. The van der Waals surface area contributed by atoms with E-state index in [2.05, 4.69) is 10.3 Å². The number of fused-ring (bicyclic) bond motifs is 3. The van der Waals surface area contributed by atoms with E-state index in [0.29, 0.717) is 21.6 Å². The summed E-state index contributed by atoms with van der Waals surface area (Å²) in [5.74, 6) is 0.684. The van der Waals surface area contributed by atoms with Crippen molar-refractivity contribution in [3.63, 3.8) is 0 Å². The Morgan fingerprint density at radius 1 is 1.20 bits per heavy atom. The maximum absolute atomic E-state index is 12.4. The molecule has 0 saturated heterocycles. The van der Waals surface area contributed by atoms with Gasteiger partial charge in [0.05, 0.1) is 17.1 Å². The van der Waals surface area contributed by atoms with Crippen LogP contribution < -0.4 is 5.32 Å². The van der Waals surface area contributed by atoms with E-state index in [1.165, 1.54) is 0 Å². The van der Waals surface area contributed by atoms with E-state index < -0.39 is 0 Å². The Balaban J connectivity index is 2.06. The number of carbonyl (C=O) groups is 1. The number of carbonyl (C=O) groups excluding carboxylic acids is 1. The zero-order chi connectivity index (χ0) is 17.7. The number of nitrogens with one attached hydrogen (secondary N) is 1. The van der Waals surface area contributed by atoms with Gasteiger partial charge in [0.15, 0.2) is 5.78 Å². The minimum Gasteiger partial charge on any atom is -0.329 e. The van der Waals surface area contributed by atoms with E-state index in [1.54, 1.807) is 19.1 Å².